The maximum Gasteiger partial charge on any atom is 0.338 e. The molecule has 0 aliphatic carbocycles. The van der Waals surface area contributed by atoms with Gasteiger partial charge in [0.2, 0.25) is 0 Å². The summed E-state index contributed by atoms with van der Waals surface area (Å²) in [7, 11) is 0. The predicted octanol–water partition coefficient (Wildman–Crippen LogP) is 2.31. The number of rotatable bonds is 5. The third kappa shape index (κ3) is 4.00. The van der Waals surface area contributed by atoms with Gasteiger partial charge < -0.3 is 14.5 Å². The second-order valence-corrected chi connectivity index (χ2v) is 5.53. The molecule has 0 bridgehead atoms. The second-order valence-electron chi connectivity index (χ2n) is 5.53. The van der Waals surface area contributed by atoms with Crippen molar-refractivity contribution in [3.63, 3.8) is 0 Å². The zero-order valence-electron chi connectivity index (χ0n) is 13.9. The molecule has 3 rings (SSSR count). The molecule has 0 aliphatic rings. The number of nitrogens with zero attached hydrogens (tertiary/aromatic N) is 2. The number of carbonyl (C=O) groups is 2. The van der Waals surface area contributed by atoms with Crippen LogP contribution in [0.2, 0.25) is 0 Å². The van der Waals surface area contributed by atoms with E-state index in [1.165, 1.54) is 6.26 Å². The van der Waals surface area contributed by atoms with Crippen molar-refractivity contribution in [2.24, 2.45) is 0 Å². The SMILES string of the molecule is Cc1nc2ccc(C(=O)OCC(=O)NCc3ccco3)cc2nc1C. The summed E-state index contributed by atoms with van der Waals surface area (Å²) in [5, 5.41) is 2.60. The second kappa shape index (κ2) is 7.12. The van der Waals surface area contributed by atoms with Crippen molar-refractivity contribution >= 4 is 22.9 Å². The number of aromatic nitrogens is 2. The van der Waals surface area contributed by atoms with E-state index in [0.717, 1.165) is 11.4 Å². The lowest BCUT2D eigenvalue weighted by Crippen LogP contribution is -2.28. The minimum atomic E-state index is -0.588. The van der Waals surface area contributed by atoms with E-state index in [2.05, 4.69) is 15.3 Å². The highest BCUT2D eigenvalue weighted by Crippen LogP contribution is 2.15. The number of amides is 1. The fraction of sp³-hybridized carbons (Fsp3) is 0.222. The summed E-state index contributed by atoms with van der Waals surface area (Å²) in [5.74, 6) is -0.370. The highest BCUT2D eigenvalue weighted by Gasteiger charge is 2.12. The molecule has 2 heterocycles. The first-order chi connectivity index (χ1) is 12.0. The largest absolute Gasteiger partial charge is 0.467 e. The Hall–Kier alpha value is -3.22. The van der Waals surface area contributed by atoms with Crippen LogP contribution in [0.5, 0.6) is 0 Å². The average Bonchev–Trinajstić information content (AvgIpc) is 3.12. The van der Waals surface area contributed by atoms with Crippen LogP contribution in [-0.2, 0) is 16.1 Å². The molecule has 0 saturated heterocycles. The number of esters is 1. The van der Waals surface area contributed by atoms with Gasteiger partial charge in [0.1, 0.15) is 5.76 Å². The number of furan rings is 1. The topological polar surface area (TPSA) is 94.3 Å². The summed E-state index contributed by atoms with van der Waals surface area (Å²) < 4.78 is 10.1. The molecule has 128 valence electrons. The van der Waals surface area contributed by atoms with Gasteiger partial charge in [-0.15, -0.1) is 0 Å². The van der Waals surface area contributed by atoms with Gasteiger partial charge in [-0.1, -0.05) is 0 Å². The highest BCUT2D eigenvalue weighted by molar-refractivity contribution is 5.94. The smallest absolute Gasteiger partial charge is 0.338 e. The quantitative estimate of drug-likeness (QED) is 0.717. The van der Waals surface area contributed by atoms with Crippen LogP contribution in [0.3, 0.4) is 0 Å². The van der Waals surface area contributed by atoms with Crippen molar-refractivity contribution in [3.8, 4) is 0 Å². The molecular weight excluding hydrogens is 322 g/mol. The summed E-state index contributed by atoms with van der Waals surface area (Å²) in [5.41, 5.74) is 3.28. The monoisotopic (exact) mass is 339 g/mol. The third-order valence-electron chi connectivity index (χ3n) is 3.69. The Labute approximate surface area is 144 Å². The molecule has 0 saturated carbocycles. The van der Waals surface area contributed by atoms with E-state index in [1.54, 1.807) is 30.3 Å². The zero-order valence-corrected chi connectivity index (χ0v) is 13.9. The fourth-order valence-corrected chi connectivity index (χ4v) is 2.22. The van der Waals surface area contributed by atoms with Crippen LogP contribution in [-0.4, -0.2) is 28.5 Å². The number of hydrogen-bond donors (Lipinski definition) is 1. The first kappa shape index (κ1) is 16.6. The molecule has 1 aromatic carbocycles. The van der Waals surface area contributed by atoms with E-state index < -0.39 is 11.9 Å². The van der Waals surface area contributed by atoms with Crippen LogP contribution in [0.25, 0.3) is 11.0 Å². The number of benzene rings is 1. The first-order valence-corrected chi connectivity index (χ1v) is 7.74. The number of carbonyl (C=O) groups excluding carboxylic acids is 2. The van der Waals surface area contributed by atoms with Gasteiger partial charge in [-0.05, 0) is 44.2 Å². The molecule has 0 spiro atoms. The van der Waals surface area contributed by atoms with Gasteiger partial charge in [0.05, 0.1) is 40.8 Å². The molecule has 7 heteroatoms. The molecule has 0 aliphatic heterocycles. The van der Waals surface area contributed by atoms with Crippen LogP contribution in [0.4, 0.5) is 0 Å². The first-order valence-electron chi connectivity index (χ1n) is 7.74. The van der Waals surface area contributed by atoms with E-state index >= 15 is 0 Å². The van der Waals surface area contributed by atoms with Crippen LogP contribution in [0.1, 0.15) is 27.5 Å². The van der Waals surface area contributed by atoms with Gasteiger partial charge in [0, 0.05) is 0 Å². The Kier molecular flexibility index (Phi) is 4.74. The summed E-state index contributed by atoms with van der Waals surface area (Å²) in [6, 6.07) is 8.40. The molecule has 0 fully saturated rings. The van der Waals surface area contributed by atoms with E-state index in [-0.39, 0.29) is 13.2 Å². The Morgan fingerprint density at radius 2 is 1.88 bits per heavy atom. The summed E-state index contributed by atoms with van der Waals surface area (Å²) in [6.07, 6.45) is 1.52. The van der Waals surface area contributed by atoms with Gasteiger partial charge in [0.25, 0.3) is 5.91 Å². The van der Waals surface area contributed by atoms with Gasteiger partial charge in [-0.3, -0.25) is 4.79 Å². The summed E-state index contributed by atoms with van der Waals surface area (Å²) >= 11 is 0. The van der Waals surface area contributed by atoms with Crippen molar-refractivity contribution < 1.29 is 18.7 Å². The molecule has 1 N–H and O–H groups in total. The van der Waals surface area contributed by atoms with Crippen molar-refractivity contribution in [1.29, 1.82) is 0 Å². The maximum atomic E-state index is 12.1. The number of nitrogens with one attached hydrogen (secondary N) is 1. The van der Waals surface area contributed by atoms with E-state index in [0.29, 0.717) is 22.4 Å². The van der Waals surface area contributed by atoms with Crippen LogP contribution >= 0.6 is 0 Å². The highest BCUT2D eigenvalue weighted by atomic mass is 16.5. The molecule has 0 atom stereocenters. The molecule has 3 aromatic rings. The van der Waals surface area contributed by atoms with Crippen molar-refractivity contribution in [1.82, 2.24) is 15.3 Å². The number of hydrogen-bond acceptors (Lipinski definition) is 6. The fourth-order valence-electron chi connectivity index (χ4n) is 2.22. The van der Waals surface area contributed by atoms with Gasteiger partial charge in [-0.2, -0.15) is 0 Å². The average molecular weight is 339 g/mol. The van der Waals surface area contributed by atoms with Crippen LogP contribution < -0.4 is 5.32 Å². The number of fused-ring (bicyclic) bond motifs is 1. The zero-order chi connectivity index (χ0) is 17.8. The van der Waals surface area contributed by atoms with Crippen molar-refractivity contribution in [2.45, 2.75) is 20.4 Å². The molecule has 0 unspecified atom stereocenters. The lowest BCUT2D eigenvalue weighted by Gasteiger charge is -2.07. The van der Waals surface area contributed by atoms with Crippen LogP contribution in [0.15, 0.2) is 41.0 Å². The van der Waals surface area contributed by atoms with E-state index in [9.17, 15) is 9.59 Å². The minimum absolute atomic E-state index is 0.244. The molecule has 0 radical (unpaired) electrons. The maximum absolute atomic E-state index is 12.1. The number of ether oxygens (including phenoxy) is 1. The molecule has 2 aromatic heterocycles. The Bertz CT molecular complexity index is 919. The molecule has 7 nitrogen and oxygen atoms in total. The van der Waals surface area contributed by atoms with E-state index in [1.807, 2.05) is 13.8 Å². The third-order valence-corrected chi connectivity index (χ3v) is 3.69. The minimum Gasteiger partial charge on any atom is -0.467 e. The molecular formula is C18H17N3O4. The molecule has 25 heavy (non-hydrogen) atoms. The van der Waals surface area contributed by atoms with Crippen molar-refractivity contribution in [2.75, 3.05) is 6.61 Å². The Morgan fingerprint density at radius 3 is 2.60 bits per heavy atom. The lowest BCUT2D eigenvalue weighted by molar-refractivity contribution is -0.124. The van der Waals surface area contributed by atoms with Crippen LogP contribution in [0, 0.1) is 13.8 Å². The van der Waals surface area contributed by atoms with Gasteiger partial charge in [0.15, 0.2) is 6.61 Å². The van der Waals surface area contributed by atoms with Gasteiger partial charge >= 0.3 is 5.97 Å². The standard InChI is InChI=1S/C18H17N3O4/c1-11-12(2)21-16-8-13(5-6-15(16)20-11)18(23)25-10-17(22)19-9-14-4-3-7-24-14/h3-8H,9-10H2,1-2H3,(H,19,22). The summed E-state index contributed by atoms with van der Waals surface area (Å²) in [6.45, 7) is 3.62. The molecule has 1 amide bonds. The lowest BCUT2D eigenvalue weighted by atomic mass is 10.2. The number of aryl methyl sites for hydroxylation is 2. The van der Waals surface area contributed by atoms with Gasteiger partial charge in [-0.25, -0.2) is 14.8 Å². The predicted molar refractivity (Wildman–Crippen MR) is 89.8 cm³/mol. The van der Waals surface area contributed by atoms with Crippen molar-refractivity contribution in [3.05, 3.63) is 59.3 Å². The Balaban J connectivity index is 1.60. The normalized spacial score (nSPS) is 10.6. The Morgan fingerprint density at radius 1 is 1.12 bits per heavy atom. The summed E-state index contributed by atoms with van der Waals surface area (Å²) in [4.78, 5) is 32.6. The van der Waals surface area contributed by atoms with E-state index in [4.69, 9.17) is 9.15 Å².